The molecule has 1 heterocycles. The fraction of sp³-hybridized carbons (Fsp3) is 0.571. The van der Waals surface area contributed by atoms with E-state index in [1.54, 1.807) is 31.2 Å². The number of nitrogens with zero attached hydrogens (tertiary/aromatic N) is 1. The summed E-state index contributed by atoms with van der Waals surface area (Å²) in [4.78, 5) is 76.8. The topological polar surface area (TPSA) is 200 Å². The third kappa shape index (κ3) is 9.85. The molecule has 0 aromatic heterocycles. The predicted octanol–water partition coefficient (Wildman–Crippen LogP) is -0.711. The van der Waals surface area contributed by atoms with Crippen LogP contribution in [-0.4, -0.2) is 88.8 Å². The van der Waals surface area contributed by atoms with Crippen LogP contribution in [0.5, 0.6) is 0 Å². The molecular weight excluding hydrogens is 532 g/mol. The first kappa shape index (κ1) is 33.2. The van der Waals surface area contributed by atoms with Crippen LogP contribution in [0.4, 0.5) is 0 Å². The highest BCUT2D eigenvalue weighted by Crippen LogP contribution is 2.18. The summed E-state index contributed by atoms with van der Waals surface area (Å²) in [5, 5.41) is 19.4. The maximum Gasteiger partial charge on any atom is 0.325 e. The number of nitrogens with one attached hydrogen (secondary N) is 4. The third-order valence-electron chi connectivity index (χ3n) is 7.14. The summed E-state index contributed by atoms with van der Waals surface area (Å²) in [5.74, 6) is -4.15. The Hall–Kier alpha value is -4.00. The van der Waals surface area contributed by atoms with Gasteiger partial charge in [0.1, 0.15) is 24.2 Å². The summed E-state index contributed by atoms with van der Waals surface area (Å²) >= 11 is 0. The van der Waals surface area contributed by atoms with E-state index in [4.69, 9.17) is 5.73 Å². The van der Waals surface area contributed by atoms with Crippen LogP contribution in [0.2, 0.25) is 0 Å². The molecule has 13 heteroatoms. The average molecular weight is 575 g/mol. The molecule has 0 radical (unpaired) electrons. The zero-order valence-electron chi connectivity index (χ0n) is 24.0. The van der Waals surface area contributed by atoms with Crippen molar-refractivity contribution in [3.8, 4) is 0 Å². The highest BCUT2D eigenvalue weighted by Gasteiger charge is 2.37. The Morgan fingerprint density at radius 1 is 0.976 bits per heavy atom. The second-order valence-electron chi connectivity index (χ2n) is 10.4. The van der Waals surface area contributed by atoms with Gasteiger partial charge in [0, 0.05) is 13.0 Å². The number of hydrogen-bond donors (Lipinski definition) is 6. The molecule has 1 aromatic rings. The molecule has 0 unspecified atom stereocenters. The van der Waals surface area contributed by atoms with Crippen molar-refractivity contribution >= 4 is 35.5 Å². The number of carboxylic acids is 1. The number of nitrogens with two attached hydrogens (primary N) is 1. The third-order valence-corrected chi connectivity index (χ3v) is 7.14. The Kier molecular flexibility index (Phi) is 12.7. The van der Waals surface area contributed by atoms with Crippen LogP contribution < -0.4 is 27.0 Å². The SMILES string of the molecule is CC[C@H](C)[C@H](NC(=O)[C@H](C)N)C(=O)NCC(=O)N1CCC[C@H]1C(=O)N[C@@H](Cc1ccccc1)C(=O)N[C@@H](C)C(=O)O. The van der Waals surface area contributed by atoms with Gasteiger partial charge in [0.15, 0.2) is 0 Å². The number of carboxylic acid groups (broad SMARTS) is 1. The minimum absolute atomic E-state index is 0.117. The fourth-order valence-corrected chi connectivity index (χ4v) is 4.40. The van der Waals surface area contributed by atoms with Crippen LogP contribution in [-0.2, 0) is 35.2 Å². The molecule has 2 rings (SSSR count). The number of carbonyl (C=O) groups excluding carboxylic acids is 5. The number of aliphatic carboxylic acids is 1. The Morgan fingerprint density at radius 3 is 2.22 bits per heavy atom. The monoisotopic (exact) mass is 574 g/mol. The lowest BCUT2D eigenvalue weighted by molar-refractivity contribution is -0.142. The first-order valence-electron chi connectivity index (χ1n) is 13.9. The molecule has 41 heavy (non-hydrogen) atoms. The van der Waals surface area contributed by atoms with Crippen molar-refractivity contribution in [3.63, 3.8) is 0 Å². The summed E-state index contributed by atoms with van der Waals surface area (Å²) in [7, 11) is 0. The summed E-state index contributed by atoms with van der Waals surface area (Å²) in [5.41, 5.74) is 6.37. The Bertz CT molecular complexity index is 1100. The molecule has 1 saturated heterocycles. The second kappa shape index (κ2) is 15.7. The first-order chi connectivity index (χ1) is 19.3. The number of amides is 5. The van der Waals surface area contributed by atoms with E-state index in [9.17, 15) is 33.9 Å². The number of rotatable bonds is 14. The van der Waals surface area contributed by atoms with Gasteiger partial charge in [-0.05, 0) is 38.2 Å². The van der Waals surface area contributed by atoms with E-state index < -0.39 is 65.7 Å². The number of likely N-dealkylation sites (tertiary alicyclic amines) is 1. The summed E-state index contributed by atoms with van der Waals surface area (Å²) in [6.07, 6.45) is 1.62. The van der Waals surface area contributed by atoms with Crippen LogP contribution in [0.15, 0.2) is 30.3 Å². The predicted molar refractivity (Wildman–Crippen MR) is 150 cm³/mol. The van der Waals surface area contributed by atoms with Crippen molar-refractivity contribution in [2.45, 2.75) is 83.6 Å². The van der Waals surface area contributed by atoms with Crippen molar-refractivity contribution in [2.24, 2.45) is 11.7 Å². The summed E-state index contributed by atoms with van der Waals surface area (Å²) in [6, 6.07) is 4.14. The molecule has 1 aromatic carbocycles. The van der Waals surface area contributed by atoms with Crippen LogP contribution in [0, 0.1) is 5.92 Å². The van der Waals surface area contributed by atoms with Gasteiger partial charge in [0.25, 0.3) is 0 Å². The van der Waals surface area contributed by atoms with Crippen molar-refractivity contribution in [1.82, 2.24) is 26.2 Å². The van der Waals surface area contributed by atoms with Gasteiger partial charge in [-0.3, -0.25) is 28.8 Å². The highest BCUT2D eigenvalue weighted by molar-refractivity contribution is 5.95. The van der Waals surface area contributed by atoms with E-state index in [-0.39, 0.29) is 25.4 Å². The van der Waals surface area contributed by atoms with Gasteiger partial charge < -0.3 is 37.0 Å². The number of hydrogen-bond acceptors (Lipinski definition) is 7. The zero-order valence-corrected chi connectivity index (χ0v) is 24.0. The van der Waals surface area contributed by atoms with Crippen LogP contribution in [0.1, 0.15) is 52.5 Å². The van der Waals surface area contributed by atoms with E-state index in [2.05, 4.69) is 21.3 Å². The van der Waals surface area contributed by atoms with Crippen LogP contribution in [0.3, 0.4) is 0 Å². The smallest absolute Gasteiger partial charge is 0.325 e. The maximum atomic E-state index is 13.3. The first-order valence-corrected chi connectivity index (χ1v) is 13.9. The molecule has 1 aliphatic rings. The van der Waals surface area contributed by atoms with E-state index in [0.717, 1.165) is 5.56 Å². The molecular formula is C28H42N6O7. The molecule has 1 aliphatic heterocycles. The lowest BCUT2D eigenvalue weighted by atomic mass is 9.98. The largest absolute Gasteiger partial charge is 0.480 e. The van der Waals surface area contributed by atoms with Gasteiger partial charge >= 0.3 is 5.97 Å². The van der Waals surface area contributed by atoms with Gasteiger partial charge in [0.05, 0.1) is 12.6 Å². The van der Waals surface area contributed by atoms with Crippen LogP contribution >= 0.6 is 0 Å². The van der Waals surface area contributed by atoms with Crippen molar-refractivity contribution < 1.29 is 33.9 Å². The summed E-state index contributed by atoms with van der Waals surface area (Å²) < 4.78 is 0. The molecule has 226 valence electrons. The Labute approximate surface area is 240 Å². The molecule has 5 amide bonds. The standard InChI is InChI=1S/C28H42N6O7/c1-5-16(2)23(33-24(36)17(3)29)27(39)30-15-22(35)34-13-9-12-21(34)26(38)32-20(14-19-10-7-6-8-11-19)25(37)31-18(4)28(40)41/h6-8,10-11,16-18,20-21,23H,5,9,12-15,29H2,1-4H3,(H,30,39)(H,31,37)(H,32,38)(H,33,36)(H,40,41)/t16-,17-,18-,20-,21-,23-/m0/s1. The van der Waals surface area contributed by atoms with Crippen molar-refractivity contribution in [1.29, 1.82) is 0 Å². The highest BCUT2D eigenvalue weighted by atomic mass is 16.4. The zero-order chi connectivity index (χ0) is 30.7. The normalized spacial score (nSPS) is 18.3. The molecule has 7 N–H and O–H groups in total. The van der Waals surface area contributed by atoms with E-state index in [1.165, 1.54) is 18.7 Å². The van der Waals surface area contributed by atoms with Crippen LogP contribution in [0.25, 0.3) is 0 Å². The van der Waals surface area contributed by atoms with Gasteiger partial charge in [-0.1, -0.05) is 50.6 Å². The quantitative estimate of drug-likeness (QED) is 0.167. The Morgan fingerprint density at radius 2 is 1.63 bits per heavy atom. The van der Waals surface area contributed by atoms with E-state index in [0.29, 0.717) is 19.3 Å². The van der Waals surface area contributed by atoms with E-state index in [1.807, 2.05) is 13.0 Å². The van der Waals surface area contributed by atoms with E-state index >= 15 is 0 Å². The second-order valence-corrected chi connectivity index (χ2v) is 10.4. The number of carbonyl (C=O) groups is 6. The number of benzene rings is 1. The van der Waals surface area contributed by atoms with Gasteiger partial charge in [-0.15, -0.1) is 0 Å². The van der Waals surface area contributed by atoms with Gasteiger partial charge in [-0.25, -0.2) is 0 Å². The average Bonchev–Trinajstić information content (AvgIpc) is 3.44. The molecule has 0 spiro atoms. The maximum absolute atomic E-state index is 13.3. The van der Waals surface area contributed by atoms with Gasteiger partial charge in [0.2, 0.25) is 29.5 Å². The molecule has 0 bridgehead atoms. The van der Waals surface area contributed by atoms with Crippen molar-refractivity contribution in [3.05, 3.63) is 35.9 Å². The van der Waals surface area contributed by atoms with Gasteiger partial charge in [-0.2, -0.15) is 0 Å². The Balaban J connectivity index is 2.08. The molecule has 0 aliphatic carbocycles. The summed E-state index contributed by atoms with van der Waals surface area (Å²) in [6.45, 7) is 6.40. The minimum Gasteiger partial charge on any atom is -0.480 e. The minimum atomic E-state index is -1.22. The lowest BCUT2D eigenvalue weighted by Crippen LogP contribution is -2.57. The fourth-order valence-electron chi connectivity index (χ4n) is 4.40. The lowest BCUT2D eigenvalue weighted by Gasteiger charge is -2.28. The molecule has 13 nitrogen and oxygen atoms in total. The molecule has 1 fully saturated rings. The molecule has 6 atom stereocenters. The van der Waals surface area contributed by atoms with Crippen molar-refractivity contribution in [2.75, 3.05) is 13.1 Å². The molecule has 0 saturated carbocycles.